The Labute approximate surface area is 135 Å². The number of aromatic nitrogens is 4. The molecule has 1 saturated heterocycles. The smallest absolute Gasteiger partial charge is 0.226 e. The highest BCUT2D eigenvalue weighted by Crippen LogP contribution is 2.16. The van der Waals surface area contributed by atoms with E-state index in [1.54, 1.807) is 12.3 Å². The number of halogens is 2. The Balaban J connectivity index is 0.00000110. The fourth-order valence-electron chi connectivity index (χ4n) is 1.99. The molecule has 3 rings (SSSR count). The highest BCUT2D eigenvalue weighted by molar-refractivity contribution is 5.85. The largest absolute Gasteiger partial charge is 0.339 e. The van der Waals surface area contributed by atoms with E-state index in [-0.39, 0.29) is 24.8 Å². The van der Waals surface area contributed by atoms with Crippen molar-refractivity contribution in [3.63, 3.8) is 0 Å². The Bertz CT molecular complexity index is 558. The van der Waals surface area contributed by atoms with Crippen LogP contribution in [0.2, 0.25) is 0 Å². The summed E-state index contributed by atoms with van der Waals surface area (Å²) in [6.07, 6.45) is 2.46. The zero-order valence-corrected chi connectivity index (χ0v) is 13.3. The van der Waals surface area contributed by atoms with E-state index >= 15 is 0 Å². The van der Waals surface area contributed by atoms with E-state index in [0.29, 0.717) is 17.4 Å². The van der Waals surface area contributed by atoms with E-state index in [1.165, 1.54) is 0 Å². The summed E-state index contributed by atoms with van der Waals surface area (Å²) >= 11 is 0. The second-order valence-corrected chi connectivity index (χ2v) is 4.34. The van der Waals surface area contributed by atoms with Crippen LogP contribution in [0, 0.1) is 0 Å². The molecule has 0 aliphatic carbocycles. The molecule has 0 unspecified atom stereocenters. The van der Waals surface area contributed by atoms with Crippen LogP contribution in [-0.2, 0) is 6.42 Å². The van der Waals surface area contributed by atoms with Crippen LogP contribution in [-0.4, -0.2) is 46.3 Å². The van der Waals surface area contributed by atoms with E-state index in [9.17, 15) is 0 Å². The molecule has 0 saturated carbocycles. The average molecular weight is 333 g/mol. The lowest BCUT2D eigenvalue weighted by molar-refractivity contribution is 0.382. The van der Waals surface area contributed by atoms with Crippen LogP contribution in [0.5, 0.6) is 0 Å². The molecule has 0 aromatic carbocycles. The molecule has 1 fully saturated rings. The van der Waals surface area contributed by atoms with Crippen molar-refractivity contribution in [2.45, 2.75) is 13.3 Å². The first-order valence-electron chi connectivity index (χ1n) is 6.48. The third-order valence-electron chi connectivity index (χ3n) is 3.04. The van der Waals surface area contributed by atoms with Crippen LogP contribution in [0.3, 0.4) is 0 Å². The standard InChI is InChI=1S/C12H16N6O.2ClH/c1-2-10-16-11(17-19-10)9-3-4-14-12(15-9)18-7-5-13-6-8-18;;/h3-4,13H,2,5-8H2,1H3;2*1H. The van der Waals surface area contributed by atoms with Gasteiger partial charge in [0.05, 0.1) is 0 Å². The molecule has 7 nitrogen and oxygen atoms in total. The summed E-state index contributed by atoms with van der Waals surface area (Å²) in [6.45, 7) is 5.71. The monoisotopic (exact) mass is 332 g/mol. The van der Waals surface area contributed by atoms with Gasteiger partial charge in [0.1, 0.15) is 5.69 Å². The molecule has 0 spiro atoms. The fraction of sp³-hybridized carbons (Fsp3) is 0.500. The predicted octanol–water partition coefficient (Wildman–Crippen LogP) is 1.34. The van der Waals surface area contributed by atoms with Crippen molar-refractivity contribution in [3.05, 3.63) is 18.2 Å². The highest BCUT2D eigenvalue weighted by atomic mass is 35.5. The van der Waals surface area contributed by atoms with Crippen LogP contribution in [0.25, 0.3) is 11.5 Å². The molecule has 0 atom stereocenters. The van der Waals surface area contributed by atoms with Gasteiger partial charge in [0.25, 0.3) is 0 Å². The first kappa shape index (κ1) is 17.6. The summed E-state index contributed by atoms with van der Waals surface area (Å²) in [5.41, 5.74) is 0.701. The van der Waals surface area contributed by atoms with Gasteiger partial charge in [-0.15, -0.1) is 24.8 Å². The topological polar surface area (TPSA) is 80.0 Å². The zero-order valence-electron chi connectivity index (χ0n) is 11.7. The number of anilines is 1. The Morgan fingerprint density at radius 1 is 1.24 bits per heavy atom. The SMILES string of the molecule is CCc1nc(-c2ccnc(N3CCNCC3)n2)no1.Cl.Cl. The maximum Gasteiger partial charge on any atom is 0.226 e. The lowest BCUT2D eigenvalue weighted by Gasteiger charge is -2.27. The van der Waals surface area contributed by atoms with Crippen molar-refractivity contribution in [2.75, 3.05) is 31.1 Å². The Morgan fingerprint density at radius 2 is 2.00 bits per heavy atom. The van der Waals surface area contributed by atoms with Crippen LogP contribution < -0.4 is 10.2 Å². The molecule has 3 heterocycles. The third kappa shape index (κ3) is 4.03. The van der Waals surface area contributed by atoms with Crippen molar-refractivity contribution in [1.82, 2.24) is 25.4 Å². The van der Waals surface area contributed by atoms with Gasteiger partial charge in [-0.25, -0.2) is 9.97 Å². The van der Waals surface area contributed by atoms with Gasteiger partial charge >= 0.3 is 0 Å². The van der Waals surface area contributed by atoms with Crippen molar-refractivity contribution in [1.29, 1.82) is 0 Å². The lowest BCUT2D eigenvalue weighted by atomic mass is 10.3. The molecule has 0 bridgehead atoms. The number of nitrogens with zero attached hydrogens (tertiary/aromatic N) is 5. The Kier molecular flexibility index (Phi) is 6.80. The van der Waals surface area contributed by atoms with Gasteiger partial charge in [-0.1, -0.05) is 12.1 Å². The van der Waals surface area contributed by atoms with Crippen LogP contribution >= 0.6 is 24.8 Å². The third-order valence-corrected chi connectivity index (χ3v) is 3.04. The molecule has 0 amide bonds. The minimum atomic E-state index is 0. The molecule has 1 aliphatic heterocycles. The maximum absolute atomic E-state index is 5.11. The molecule has 1 N–H and O–H groups in total. The lowest BCUT2D eigenvalue weighted by Crippen LogP contribution is -2.44. The fourth-order valence-corrected chi connectivity index (χ4v) is 1.99. The molecular formula is C12H18Cl2N6O. The quantitative estimate of drug-likeness (QED) is 0.908. The van der Waals surface area contributed by atoms with Crippen molar-refractivity contribution >= 4 is 30.8 Å². The molecular weight excluding hydrogens is 315 g/mol. The summed E-state index contributed by atoms with van der Waals surface area (Å²) in [4.78, 5) is 15.3. The van der Waals surface area contributed by atoms with E-state index in [2.05, 4.69) is 30.3 Å². The van der Waals surface area contributed by atoms with Gasteiger partial charge < -0.3 is 14.7 Å². The van der Waals surface area contributed by atoms with Crippen molar-refractivity contribution in [3.8, 4) is 11.5 Å². The minimum Gasteiger partial charge on any atom is -0.339 e. The van der Waals surface area contributed by atoms with Crippen molar-refractivity contribution < 1.29 is 4.52 Å². The summed E-state index contributed by atoms with van der Waals surface area (Å²) in [5.74, 6) is 1.87. The molecule has 2 aromatic heterocycles. The Hall–Kier alpha value is -1.44. The molecule has 21 heavy (non-hydrogen) atoms. The normalized spacial score (nSPS) is 14.2. The number of hydrogen-bond acceptors (Lipinski definition) is 7. The first-order chi connectivity index (χ1) is 9.36. The summed E-state index contributed by atoms with van der Waals surface area (Å²) in [6, 6.07) is 1.80. The highest BCUT2D eigenvalue weighted by Gasteiger charge is 2.15. The Morgan fingerprint density at radius 3 is 2.67 bits per heavy atom. The van der Waals surface area contributed by atoms with Crippen LogP contribution in [0.15, 0.2) is 16.8 Å². The zero-order chi connectivity index (χ0) is 13.1. The molecule has 9 heteroatoms. The van der Waals surface area contributed by atoms with Gasteiger partial charge in [-0.3, -0.25) is 0 Å². The van der Waals surface area contributed by atoms with Gasteiger partial charge in [-0.2, -0.15) is 4.98 Å². The van der Waals surface area contributed by atoms with E-state index < -0.39 is 0 Å². The van der Waals surface area contributed by atoms with E-state index in [4.69, 9.17) is 4.52 Å². The molecule has 116 valence electrons. The summed E-state index contributed by atoms with van der Waals surface area (Å²) in [7, 11) is 0. The van der Waals surface area contributed by atoms with Gasteiger partial charge in [-0.05, 0) is 6.07 Å². The second kappa shape index (κ2) is 8.11. The van der Waals surface area contributed by atoms with Crippen molar-refractivity contribution in [2.24, 2.45) is 0 Å². The molecule has 2 aromatic rings. The maximum atomic E-state index is 5.11. The summed E-state index contributed by atoms with van der Waals surface area (Å²) in [5, 5.41) is 7.24. The number of hydrogen-bond donors (Lipinski definition) is 1. The van der Waals surface area contributed by atoms with Gasteiger partial charge in [0.2, 0.25) is 17.7 Å². The number of piperazine rings is 1. The molecule has 0 radical (unpaired) electrons. The number of aryl methyl sites for hydroxylation is 1. The van der Waals surface area contributed by atoms with E-state index in [1.807, 2.05) is 6.92 Å². The van der Waals surface area contributed by atoms with E-state index in [0.717, 1.165) is 38.5 Å². The summed E-state index contributed by atoms with van der Waals surface area (Å²) < 4.78 is 5.11. The minimum absolute atomic E-state index is 0. The second-order valence-electron chi connectivity index (χ2n) is 4.34. The van der Waals surface area contributed by atoms with Gasteiger partial charge in [0.15, 0.2) is 0 Å². The number of nitrogens with one attached hydrogen (secondary N) is 1. The van der Waals surface area contributed by atoms with Crippen LogP contribution in [0.1, 0.15) is 12.8 Å². The van der Waals surface area contributed by atoms with Gasteiger partial charge in [0, 0.05) is 38.8 Å². The predicted molar refractivity (Wildman–Crippen MR) is 84.3 cm³/mol. The van der Waals surface area contributed by atoms with Crippen LogP contribution in [0.4, 0.5) is 5.95 Å². The first-order valence-corrected chi connectivity index (χ1v) is 6.48. The average Bonchev–Trinajstić information content (AvgIpc) is 2.97. The molecule has 1 aliphatic rings. The number of rotatable bonds is 3.